The third-order valence-corrected chi connectivity index (χ3v) is 5.55. The van der Waals surface area contributed by atoms with Gasteiger partial charge in [-0.25, -0.2) is 8.42 Å². The molecule has 9 nitrogen and oxygen atoms in total. The molecule has 0 radical (unpaired) electrons. The van der Waals surface area contributed by atoms with Gasteiger partial charge in [0.15, 0.2) is 0 Å². The van der Waals surface area contributed by atoms with Crippen molar-refractivity contribution in [2.75, 3.05) is 22.5 Å². The van der Waals surface area contributed by atoms with Gasteiger partial charge in [-0.15, -0.1) is 0 Å². The Morgan fingerprint density at radius 2 is 1.93 bits per heavy atom. The lowest BCUT2D eigenvalue weighted by Gasteiger charge is -2.31. The first kappa shape index (κ1) is 23.1. The molecule has 1 atom stereocenters. The molecule has 0 spiro atoms. The monoisotopic (exact) mass is 435 g/mol. The number of sulfonamides is 1. The predicted octanol–water partition coefficient (Wildman–Crippen LogP) is 3.49. The van der Waals surface area contributed by atoms with Crippen molar-refractivity contribution in [2.45, 2.75) is 33.2 Å². The number of anilines is 2. The first-order valence-corrected chi connectivity index (χ1v) is 11.2. The number of ether oxygens (including phenoxy) is 1. The second kappa shape index (κ2) is 9.57. The van der Waals surface area contributed by atoms with Gasteiger partial charge < -0.3 is 10.1 Å². The second-order valence-corrected chi connectivity index (χ2v) is 8.52. The maximum atomic E-state index is 13.0. The number of carbonyl (C=O) groups is 1. The van der Waals surface area contributed by atoms with Gasteiger partial charge in [-0.1, -0.05) is 19.1 Å². The Morgan fingerprint density at radius 3 is 2.50 bits per heavy atom. The van der Waals surface area contributed by atoms with Gasteiger partial charge in [0, 0.05) is 23.9 Å². The summed E-state index contributed by atoms with van der Waals surface area (Å²) < 4.78 is 31.6. The van der Waals surface area contributed by atoms with Crippen LogP contribution < -0.4 is 14.4 Å². The number of benzene rings is 2. The fraction of sp³-hybridized carbons (Fsp3) is 0.350. The number of hydrogen-bond donors (Lipinski definition) is 1. The molecule has 0 aliphatic heterocycles. The highest BCUT2D eigenvalue weighted by molar-refractivity contribution is 7.92. The van der Waals surface area contributed by atoms with Crippen LogP contribution in [0.3, 0.4) is 0 Å². The van der Waals surface area contributed by atoms with Gasteiger partial charge in [0.25, 0.3) is 5.69 Å². The molecule has 0 aromatic heterocycles. The number of nitro groups is 1. The van der Waals surface area contributed by atoms with Crippen LogP contribution in [-0.2, 0) is 14.8 Å². The molecular formula is C20H25N3O6S. The van der Waals surface area contributed by atoms with E-state index in [1.165, 1.54) is 18.2 Å². The molecule has 2 rings (SSSR count). The average molecular weight is 436 g/mol. The lowest BCUT2D eigenvalue weighted by atomic mass is 10.1. The summed E-state index contributed by atoms with van der Waals surface area (Å²) >= 11 is 0. The standard InChI is InChI=1S/C20H25N3O6S/c1-5-18(20(24)21-15-8-7-9-17(12-15)29-6-2)22(30(4,27)28)19-13-16(23(25)26)11-10-14(19)3/h7-13,18H,5-6H2,1-4H3,(H,21,24). The van der Waals surface area contributed by atoms with Crippen LogP contribution >= 0.6 is 0 Å². The SMILES string of the molecule is CCOc1cccc(NC(=O)C(CC)N(c2cc([N+](=O)[O-])ccc2C)S(C)(=O)=O)c1. The van der Waals surface area contributed by atoms with E-state index in [4.69, 9.17) is 4.74 Å². The minimum atomic E-state index is -3.92. The van der Waals surface area contributed by atoms with E-state index in [0.717, 1.165) is 10.6 Å². The first-order valence-electron chi connectivity index (χ1n) is 9.36. The molecule has 0 aliphatic carbocycles. The molecule has 162 valence electrons. The molecule has 0 bridgehead atoms. The minimum Gasteiger partial charge on any atom is -0.494 e. The molecule has 0 saturated carbocycles. The Balaban J connectivity index is 2.45. The normalized spacial score (nSPS) is 12.1. The first-order chi connectivity index (χ1) is 14.1. The average Bonchev–Trinajstić information content (AvgIpc) is 2.66. The van der Waals surface area contributed by atoms with Crippen LogP contribution in [0.4, 0.5) is 17.1 Å². The highest BCUT2D eigenvalue weighted by Crippen LogP contribution is 2.30. The Hall–Kier alpha value is -3.14. The molecule has 0 fully saturated rings. The van der Waals surface area contributed by atoms with Crippen LogP contribution in [-0.4, -0.2) is 38.2 Å². The lowest BCUT2D eigenvalue weighted by molar-refractivity contribution is -0.384. The van der Waals surface area contributed by atoms with E-state index >= 15 is 0 Å². The zero-order chi connectivity index (χ0) is 22.5. The predicted molar refractivity (Wildman–Crippen MR) is 115 cm³/mol. The molecule has 0 saturated heterocycles. The third-order valence-electron chi connectivity index (χ3n) is 4.38. The smallest absolute Gasteiger partial charge is 0.271 e. The van der Waals surface area contributed by atoms with Crippen LogP contribution in [0.5, 0.6) is 5.75 Å². The summed E-state index contributed by atoms with van der Waals surface area (Å²) in [7, 11) is -3.92. The van der Waals surface area contributed by atoms with Crippen LogP contribution in [0.25, 0.3) is 0 Å². The van der Waals surface area contributed by atoms with E-state index in [1.807, 2.05) is 6.92 Å². The zero-order valence-corrected chi connectivity index (χ0v) is 18.1. The van der Waals surface area contributed by atoms with Crippen LogP contribution in [0.15, 0.2) is 42.5 Å². The summed E-state index contributed by atoms with van der Waals surface area (Å²) in [6.07, 6.45) is 1.13. The Kier molecular flexibility index (Phi) is 7.38. The minimum absolute atomic E-state index is 0.0942. The highest BCUT2D eigenvalue weighted by Gasteiger charge is 2.33. The van der Waals surface area contributed by atoms with Gasteiger partial charge >= 0.3 is 0 Å². The number of nitrogens with zero attached hydrogens (tertiary/aromatic N) is 2. The van der Waals surface area contributed by atoms with E-state index in [0.29, 0.717) is 23.6 Å². The molecule has 1 unspecified atom stereocenters. The van der Waals surface area contributed by atoms with E-state index in [1.54, 1.807) is 38.1 Å². The van der Waals surface area contributed by atoms with Crippen molar-refractivity contribution in [2.24, 2.45) is 0 Å². The van der Waals surface area contributed by atoms with Crippen molar-refractivity contribution in [1.82, 2.24) is 0 Å². The summed E-state index contributed by atoms with van der Waals surface area (Å²) in [6, 6.07) is 9.57. The molecule has 0 heterocycles. The number of non-ortho nitro benzene ring substituents is 1. The van der Waals surface area contributed by atoms with Crippen molar-refractivity contribution in [3.05, 3.63) is 58.1 Å². The number of carbonyl (C=O) groups excluding carboxylic acids is 1. The van der Waals surface area contributed by atoms with Gasteiger partial charge in [0.1, 0.15) is 11.8 Å². The fourth-order valence-electron chi connectivity index (χ4n) is 3.04. The van der Waals surface area contributed by atoms with Crippen molar-refractivity contribution >= 4 is 33.0 Å². The quantitative estimate of drug-likeness (QED) is 0.476. The van der Waals surface area contributed by atoms with Gasteiger partial charge in [0.05, 0.1) is 23.5 Å². The maximum Gasteiger partial charge on any atom is 0.271 e. The zero-order valence-electron chi connectivity index (χ0n) is 17.3. The molecule has 1 N–H and O–H groups in total. The molecular weight excluding hydrogens is 410 g/mol. The molecule has 1 amide bonds. The number of amides is 1. The van der Waals surface area contributed by atoms with E-state index in [2.05, 4.69) is 5.32 Å². The van der Waals surface area contributed by atoms with Crippen LogP contribution in [0.2, 0.25) is 0 Å². The summed E-state index contributed by atoms with van der Waals surface area (Å²) in [5, 5.41) is 13.9. The van der Waals surface area contributed by atoms with Crippen LogP contribution in [0, 0.1) is 17.0 Å². The van der Waals surface area contributed by atoms with Crippen molar-refractivity contribution in [1.29, 1.82) is 0 Å². The largest absolute Gasteiger partial charge is 0.494 e. The summed E-state index contributed by atoms with van der Waals surface area (Å²) in [4.78, 5) is 23.6. The summed E-state index contributed by atoms with van der Waals surface area (Å²) in [5.74, 6) is 0.0142. The second-order valence-electron chi connectivity index (χ2n) is 6.66. The lowest BCUT2D eigenvalue weighted by Crippen LogP contribution is -2.47. The summed E-state index contributed by atoms with van der Waals surface area (Å²) in [5.41, 5.74) is 0.782. The third kappa shape index (κ3) is 5.47. The van der Waals surface area contributed by atoms with Gasteiger partial charge in [-0.2, -0.15) is 0 Å². The number of nitro benzene ring substituents is 1. The van der Waals surface area contributed by atoms with Crippen molar-refractivity contribution in [3.8, 4) is 5.75 Å². The van der Waals surface area contributed by atoms with E-state index < -0.39 is 26.9 Å². The van der Waals surface area contributed by atoms with E-state index in [9.17, 15) is 23.3 Å². The fourth-order valence-corrected chi connectivity index (χ4v) is 4.30. The van der Waals surface area contributed by atoms with E-state index in [-0.39, 0.29) is 17.8 Å². The number of hydrogen-bond acceptors (Lipinski definition) is 6. The Morgan fingerprint density at radius 1 is 1.23 bits per heavy atom. The van der Waals surface area contributed by atoms with Crippen LogP contribution in [0.1, 0.15) is 25.8 Å². The van der Waals surface area contributed by atoms with Gasteiger partial charge in [0.2, 0.25) is 15.9 Å². The number of rotatable bonds is 9. The molecule has 2 aromatic carbocycles. The Bertz CT molecular complexity index is 1040. The highest BCUT2D eigenvalue weighted by atomic mass is 32.2. The number of aryl methyl sites for hydroxylation is 1. The maximum absolute atomic E-state index is 13.0. The van der Waals surface area contributed by atoms with Crippen molar-refractivity contribution in [3.63, 3.8) is 0 Å². The molecule has 0 aliphatic rings. The number of nitrogens with one attached hydrogen (secondary N) is 1. The molecule has 10 heteroatoms. The van der Waals surface area contributed by atoms with Gasteiger partial charge in [-0.05, 0) is 38.0 Å². The molecule has 30 heavy (non-hydrogen) atoms. The summed E-state index contributed by atoms with van der Waals surface area (Å²) in [6.45, 7) is 5.60. The van der Waals surface area contributed by atoms with Crippen molar-refractivity contribution < 1.29 is 22.9 Å². The Labute approximate surface area is 175 Å². The topological polar surface area (TPSA) is 119 Å². The molecule has 2 aromatic rings. The van der Waals surface area contributed by atoms with Gasteiger partial charge in [-0.3, -0.25) is 19.2 Å².